The summed E-state index contributed by atoms with van der Waals surface area (Å²) in [6.45, 7) is 0.527. The van der Waals surface area contributed by atoms with E-state index in [1.165, 1.54) is 39.2 Å². The van der Waals surface area contributed by atoms with Crippen molar-refractivity contribution in [2.45, 2.75) is 32.1 Å². The number of rotatable bonds is 4. The van der Waals surface area contributed by atoms with E-state index in [4.69, 9.17) is 9.47 Å². The van der Waals surface area contributed by atoms with Crippen molar-refractivity contribution in [1.82, 2.24) is 0 Å². The Morgan fingerprint density at radius 1 is 1.06 bits per heavy atom. The smallest absolute Gasteiger partial charge is 0.311 e. The lowest BCUT2D eigenvalue weighted by atomic mass is 9.49. The molecule has 3 nitrogen and oxygen atoms in total. The first-order valence-electron chi connectivity index (χ1n) is 7.29. The Labute approximate surface area is 109 Å². The van der Waals surface area contributed by atoms with E-state index in [-0.39, 0.29) is 11.9 Å². The van der Waals surface area contributed by atoms with E-state index in [9.17, 15) is 4.79 Å². The Morgan fingerprint density at radius 3 is 2.06 bits per heavy atom. The van der Waals surface area contributed by atoms with E-state index in [0.717, 1.165) is 23.7 Å². The van der Waals surface area contributed by atoms with Gasteiger partial charge in [-0.3, -0.25) is 4.79 Å². The molecule has 4 saturated carbocycles. The number of esters is 1. The number of carbonyl (C=O) groups excluding carboxylic acids is 1. The number of methoxy groups -OCH3 is 2. The van der Waals surface area contributed by atoms with Gasteiger partial charge in [-0.25, -0.2) is 0 Å². The van der Waals surface area contributed by atoms with Crippen LogP contribution in [0, 0.1) is 35.5 Å². The number of hydrogen-bond acceptors (Lipinski definition) is 3. The van der Waals surface area contributed by atoms with Crippen LogP contribution >= 0.6 is 0 Å². The predicted octanol–water partition coefficient (Wildman–Crippen LogP) is 2.49. The lowest BCUT2D eigenvalue weighted by Gasteiger charge is -2.55. The molecule has 0 aliphatic heterocycles. The van der Waals surface area contributed by atoms with Crippen molar-refractivity contribution in [3.63, 3.8) is 0 Å². The average molecular weight is 252 g/mol. The average Bonchev–Trinajstić information content (AvgIpc) is 2.35. The first-order chi connectivity index (χ1) is 8.72. The molecule has 3 heteroatoms. The highest BCUT2D eigenvalue weighted by atomic mass is 16.5. The molecule has 0 heterocycles. The molecular formula is C15H24O3. The van der Waals surface area contributed by atoms with Gasteiger partial charge in [-0.05, 0) is 61.7 Å². The van der Waals surface area contributed by atoms with Gasteiger partial charge < -0.3 is 9.47 Å². The van der Waals surface area contributed by atoms with E-state index < -0.39 is 0 Å². The first kappa shape index (κ1) is 12.5. The van der Waals surface area contributed by atoms with Crippen molar-refractivity contribution in [1.29, 1.82) is 0 Å². The molecule has 102 valence electrons. The van der Waals surface area contributed by atoms with Gasteiger partial charge in [-0.15, -0.1) is 0 Å². The second-order valence-electron chi connectivity index (χ2n) is 6.59. The summed E-state index contributed by atoms with van der Waals surface area (Å²) in [7, 11) is 3.19. The topological polar surface area (TPSA) is 35.5 Å². The van der Waals surface area contributed by atoms with Gasteiger partial charge in [-0.1, -0.05) is 0 Å². The summed E-state index contributed by atoms with van der Waals surface area (Å²) in [5.41, 5.74) is 0. The Balaban J connectivity index is 1.79. The minimum Gasteiger partial charge on any atom is -0.469 e. The van der Waals surface area contributed by atoms with Crippen molar-refractivity contribution in [3.8, 4) is 0 Å². The third kappa shape index (κ3) is 1.97. The van der Waals surface area contributed by atoms with Crippen LogP contribution in [-0.2, 0) is 14.3 Å². The molecule has 0 aromatic carbocycles. The fraction of sp³-hybridized carbons (Fsp3) is 0.933. The molecular weight excluding hydrogens is 228 g/mol. The van der Waals surface area contributed by atoms with Gasteiger partial charge in [0.1, 0.15) is 0 Å². The molecule has 0 aromatic heterocycles. The van der Waals surface area contributed by atoms with Crippen LogP contribution in [0.2, 0.25) is 0 Å². The lowest BCUT2D eigenvalue weighted by molar-refractivity contribution is -0.158. The predicted molar refractivity (Wildman–Crippen MR) is 67.9 cm³/mol. The fourth-order valence-electron chi connectivity index (χ4n) is 5.29. The molecule has 1 unspecified atom stereocenters. The highest BCUT2D eigenvalue weighted by Gasteiger charge is 2.52. The van der Waals surface area contributed by atoms with Gasteiger partial charge in [0.25, 0.3) is 0 Å². The fourth-order valence-corrected chi connectivity index (χ4v) is 5.29. The largest absolute Gasteiger partial charge is 0.469 e. The van der Waals surface area contributed by atoms with E-state index in [1.807, 2.05) is 0 Å². The second-order valence-corrected chi connectivity index (χ2v) is 6.59. The molecule has 1 atom stereocenters. The zero-order chi connectivity index (χ0) is 12.7. The van der Waals surface area contributed by atoms with Crippen LogP contribution in [0.4, 0.5) is 0 Å². The Hall–Kier alpha value is -0.570. The Kier molecular flexibility index (Phi) is 3.35. The van der Waals surface area contributed by atoms with Crippen LogP contribution in [0.25, 0.3) is 0 Å². The van der Waals surface area contributed by atoms with E-state index in [1.54, 1.807) is 7.11 Å². The molecule has 4 aliphatic carbocycles. The minimum atomic E-state index is -0.0608. The van der Waals surface area contributed by atoms with Crippen LogP contribution in [0.15, 0.2) is 0 Å². The van der Waals surface area contributed by atoms with Gasteiger partial charge >= 0.3 is 5.97 Å². The summed E-state index contributed by atoms with van der Waals surface area (Å²) in [5.74, 6) is 3.82. The SMILES string of the molecule is COCC(C(=O)OC)C1C2CC3CC(C2)CC1C3. The molecule has 0 radical (unpaired) electrons. The van der Waals surface area contributed by atoms with Crippen LogP contribution in [-0.4, -0.2) is 26.8 Å². The number of carbonyl (C=O) groups is 1. The number of hydrogen-bond donors (Lipinski definition) is 0. The first-order valence-corrected chi connectivity index (χ1v) is 7.29. The maximum atomic E-state index is 12.0. The van der Waals surface area contributed by atoms with Crippen LogP contribution < -0.4 is 0 Å². The molecule has 0 N–H and O–H groups in total. The standard InChI is InChI=1S/C15H24O3/c1-17-8-13(15(16)18-2)14-11-4-9-3-10(6-11)7-12(14)5-9/h9-14H,3-8H2,1-2H3. The van der Waals surface area contributed by atoms with Crippen molar-refractivity contribution < 1.29 is 14.3 Å². The molecule has 0 aromatic rings. The summed E-state index contributed by atoms with van der Waals surface area (Å²) in [4.78, 5) is 12.0. The number of ether oxygens (including phenoxy) is 2. The molecule has 0 saturated heterocycles. The zero-order valence-electron chi connectivity index (χ0n) is 11.4. The van der Waals surface area contributed by atoms with Crippen molar-refractivity contribution >= 4 is 5.97 Å². The summed E-state index contributed by atoms with van der Waals surface area (Å²) in [5, 5.41) is 0. The lowest BCUT2D eigenvalue weighted by Crippen LogP contribution is -2.50. The molecule has 4 aliphatic rings. The maximum absolute atomic E-state index is 12.0. The van der Waals surface area contributed by atoms with Crippen LogP contribution in [0.3, 0.4) is 0 Å². The highest BCUT2D eigenvalue weighted by molar-refractivity contribution is 5.73. The third-order valence-corrected chi connectivity index (χ3v) is 5.61. The normalized spacial score (nSPS) is 42.9. The zero-order valence-corrected chi connectivity index (χ0v) is 11.4. The minimum absolute atomic E-state index is 0.0324. The van der Waals surface area contributed by atoms with Crippen molar-refractivity contribution in [2.75, 3.05) is 20.8 Å². The van der Waals surface area contributed by atoms with Gasteiger partial charge in [0, 0.05) is 7.11 Å². The van der Waals surface area contributed by atoms with E-state index in [0.29, 0.717) is 12.5 Å². The van der Waals surface area contributed by atoms with E-state index in [2.05, 4.69) is 0 Å². The monoisotopic (exact) mass is 252 g/mol. The van der Waals surface area contributed by atoms with Gasteiger partial charge in [0.15, 0.2) is 0 Å². The van der Waals surface area contributed by atoms with E-state index >= 15 is 0 Å². The second kappa shape index (κ2) is 4.84. The van der Waals surface area contributed by atoms with Crippen molar-refractivity contribution in [2.24, 2.45) is 35.5 Å². The molecule has 0 amide bonds. The summed E-state index contributed by atoms with van der Waals surface area (Å²) < 4.78 is 10.3. The molecule has 4 fully saturated rings. The molecule has 18 heavy (non-hydrogen) atoms. The molecule has 4 bridgehead atoms. The Bertz CT molecular complexity index is 298. The Morgan fingerprint density at radius 2 is 1.61 bits per heavy atom. The van der Waals surface area contributed by atoms with Crippen LogP contribution in [0.1, 0.15) is 32.1 Å². The van der Waals surface area contributed by atoms with Gasteiger partial charge in [0.05, 0.1) is 19.6 Å². The quantitative estimate of drug-likeness (QED) is 0.721. The highest BCUT2D eigenvalue weighted by Crippen LogP contribution is 2.58. The van der Waals surface area contributed by atoms with Crippen molar-refractivity contribution in [3.05, 3.63) is 0 Å². The molecule has 0 spiro atoms. The van der Waals surface area contributed by atoms with Gasteiger partial charge in [0.2, 0.25) is 0 Å². The summed E-state index contributed by atoms with van der Waals surface area (Å²) in [6.07, 6.45) is 6.82. The summed E-state index contributed by atoms with van der Waals surface area (Å²) >= 11 is 0. The van der Waals surface area contributed by atoms with Crippen LogP contribution in [0.5, 0.6) is 0 Å². The van der Waals surface area contributed by atoms with Gasteiger partial charge in [-0.2, -0.15) is 0 Å². The summed E-state index contributed by atoms with van der Waals surface area (Å²) in [6, 6.07) is 0. The molecule has 4 rings (SSSR count). The maximum Gasteiger partial charge on any atom is 0.311 e. The third-order valence-electron chi connectivity index (χ3n) is 5.61.